The SMILES string of the molecule is CN(CC(C)(C)O)C(=O)C1(c2ccc(N)cc2)CC1. The second-order valence-corrected chi connectivity index (χ2v) is 6.18. The van der Waals surface area contributed by atoms with E-state index in [4.69, 9.17) is 5.73 Å². The van der Waals surface area contributed by atoms with Gasteiger partial charge in [0.2, 0.25) is 5.91 Å². The van der Waals surface area contributed by atoms with Gasteiger partial charge in [0.1, 0.15) is 0 Å². The Bertz CT molecular complexity index is 470. The summed E-state index contributed by atoms with van der Waals surface area (Å²) in [5.74, 6) is 0.0828. The molecular formula is C15H22N2O2. The van der Waals surface area contributed by atoms with Crippen LogP contribution in [0.4, 0.5) is 5.69 Å². The lowest BCUT2D eigenvalue weighted by atomic mass is 9.93. The van der Waals surface area contributed by atoms with Crippen LogP contribution in [0.15, 0.2) is 24.3 Å². The molecular weight excluding hydrogens is 240 g/mol. The van der Waals surface area contributed by atoms with Crippen LogP contribution in [0.1, 0.15) is 32.3 Å². The van der Waals surface area contributed by atoms with Crippen molar-refractivity contribution in [2.45, 2.75) is 37.7 Å². The van der Waals surface area contributed by atoms with Crippen LogP contribution in [-0.4, -0.2) is 35.1 Å². The number of rotatable bonds is 4. The zero-order valence-corrected chi connectivity index (χ0v) is 11.8. The van der Waals surface area contributed by atoms with E-state index in [9.17, 15) is 9.90 Å². The Morgan fingerprint density at radius 3 is 2.32 bits per heavy atom. The molecule has 1 aliphatic rings. The molecule has 0 bridgehead atoms. The Balaban J connectivity index is 2.16. The molecule has 1 aromatic carbocycles. The first-order valence-electron chi connectivity index (χ1n) is 6.59. The minimum atomic E-state index is -0.873. The maximum Gasteiger partial charge on any atom is 0.233 e. The van der Waals surface area contributed by atoms with Gasteiger partial charge in [-0.25, -0.2) is 0 Å². The van der Waals surface area contributed by atoms with E-state index < -0.39 is 11.0 Å². The number of aliphatic hydroxyl groups is 1. The second kappa shape index (κ2) is 4.53. The number of carbonyl (C=O) groups excluding carboxylic acids is 1. The number of benzene rings is 1. The molecule has 3 N–H and O–H groups in total. The lowest BCUT2D eigenvalue weighted by Crippen LogP contribution is -2.44. The highest BCUT2D eigenvalue weighted by molar-refractivity contribution is 5.91. The molecule has 1 aliphatic carbocycles. The molecule has 4 nitrogen and oxygen atoms in total. The minimum Gasteiger partial charge on any atom is -0.399 e. The lowest BCUT2D eigenvalue weighted by molar-refractivity contribution is -0.135. The standard InChI is InChI=1S/C15H22N2O2/c1-14(2,19)10-17(3)13(18)15(8-9-15)11-4-6-12(16)7-5-11/h4-7,19H,8-10,16H2,1-3H3. The summed E-state index contributed by atoms with van der Waals surface area (Å²) < 4.78 is 0. The molecule has 0 atom stereocenters. The zero-order valence-electron chi connectivity index (χ0n) is 11.8. The maximum atomic E-state index is 12.6. The average Bonchev–Trinajstić information content (AvgIpc) is 3.08. The molecule has 0 unspecified atom stereocenters. The summed E-state index contributed by atoms with van der Waals surface area (Å²) >= 11 is 0. The molecule has 1 fully saturated rings. The fraction of sp³-hybridized carbons (Fsp3) is 0.533. The van der Waals surface area contributed by atoms with Crippen LogP contribution in [-0.2, 0) is 10.2 Å². The third-order valence-electron chi connectivity index (χ3n) is 3.59. The number of hydrogen-bond acceptors (Lipinski definition) is 3. The number of nitrogen functional groups attached to an aromatic ring is 1. The van der Waals surface area contributed by atoms with Crippen molar-refractivity contribution in [2.24, 2.45) is 0 Å². The van der Waals surface area contributed by atoms with Gasteiger partial charge in [0.25, 0.3) is 0 Å². The summed E-state index contributed by atoms with van der Waals surface area (Å²) in [7, 11) is 1.75. The maximum absolute atomic E-state index is 12.6. The molecule has 0 aromatic heterocycles. The summed E-state index contributed by atoms with van der Waals surface area (Å²) in [6.45, 7) is 3.75. The van der Waals surface area contributed by atoms with Gasteiger partial charge in [0.05, 0.1) is 11.0 Å². The first-order valence-corrected chi connectivity index (χ1v) is 6.59. The van der Waals surface area contributed by atoms with E-state index in [2.05, 4.69) is 0 Å². The van der Waals surface area contributed by atoms with E-state index in [1.54, 1.807) is 25.8 Å². The van der Waals surface area contributed by atoms with Gasteiger partial charge in [-0.05, 0) is 44.4 Å². The second-order valence-electron chi connectivity index (χ2n) is 6.18. The van der Waals surface area contributed by atoms with E-state index in [-0.39, 0.29) is 5.91 Å². The number of nitrogens with zero attached hydrogens (tertiary/aromatic N) is 1. The van der Waals surface area contributed by atoms with Crippen molar-refractivity contribution in [3.8, 4) is 0 Å². The van der Waals surface area contributed by atoms with Crippen molar-refractivity contribution in [1.82, 2.24) is 4.90 Å². The summed E-state index contributed by atoms with van der Waals surface area (Å²) in [4.78, 5) is 14.2. The summed E-state index contributed by atoms with van der Waals surface area (Å²) in [6.07, 6.45) is 1.73. The Morgan fingerprint density at radius 2 is 1.89 bits per heavy atom. The van der Waals surface area contributed by atoms with Crippen LogP contribution in [0.25, 0.3) is 0 Å². The molecule has 1 amide bonds. The monoisotopic (exact) mass is 262 g/mol. The number of anilines is 1. The number of carbonyl (C=O) groups is 1. The third-order valence-corrected chi connectivity index (χ3v) is 3.59. The quantitative estimate of drug-likeness (QED) is 0.809. The first-order chi connectivity index (χ1) is 8.74. The van der Waals surface area contributed by atoms with E-state index in [0.717, 1.165) is 18.4 Å². The van der Waals surface area contributed by atoms with Gasteiger partial charge in [0.15, 0.2) is 0 Å². The molecule has 0 spiro atoms. The topological polar surface area (TPSA) is 66.6 Å². The van der Waals surface area contributed by atoms with Gasteiger partial charge in [0, 0.05) is 19.3 Å². The molecule has 0 radical (unpaired) electrons. The van der Waals surface area contributed by atoms with Crippen LogP contribution in [0, 0.1) is 0 Å². The fourth-order valence-electron chi connectivity index (χ4n) is 2.57. The van der Waals surface area contributed by atoms with Crippen molar-refractivity contribution in [3.05, 3.63) is 29.8 Å². The van der Waals surface area contributed by atoms with Crippen molar-refractivity contribution < 1.29 is 9.90 Å². The normalized spacial score (nSPS) is 17.1. The highest BCUT2D eigenvalue weighted by atomic mass is 16.3. The number of likely N-dealkylation sites (N-methyl/N-ethyl adjacent to an activating group) is 1. The van der Waals surface area contributed by atoms with Gasteiger partial charge in [-0.1, -0.05) is 12.1 Å². The fourth-order valence-corrected chi connectivity index (χ4v) is 2.57. The van der Waals surface area contributed by atoms with Crippen LogP contribution in [0.5, 0.6) is 0 Å². The van der Waals surface area contributed by atoms with Crippen LogP contribution in [0.3, 0.4) is 0 Å². The van der Waals surface area contributed by atoms with Gasteiger partial charge < -0.3 is 15.7 Å². The van der Waals surface area contributed by atoms with Crippen LogP contribution in [0.2, 0.25) is 0 Å². The summed E-state index contributed by atoms with van der Waals surface area (Å²) in [5.41, 5.74) is 6.14. The van der Waals surface area contributed by atoms with Crippen LogP contribution < -0.4 is 5.73 Å². The number of hydrogen-bond donors (Lipinski definition) is 2. The largest absolute Gasteiger partial charge is 0.399 e. The van der Waals surface area contributed by atoms with E-state index >= 15 is 0 Å². The van der Waals surface area contributed by atoms with E-state index in [1.807, 2.05) is 24.3 Å². The van der Waals surface area contributed by atoms with E-state index in [1.165, 1.54) is 0 Å². The average molecular weight is 262 g/mol. The molecule has 1 saturated carbocycles. The highest BCUT2D eigenvalue weighted by Crippen LogP contribution is 2.49. The molecule has 0 saturated heterocycles. The molecule has 2 rings (SSSR count). The zero-order chi connectivity index (χ0) is 14.3. The van der Waals surface area contributed by atoms with Gasteiger partial charge in [-0.3, -0.25) is 4.79 Å². The molecule has 0 heterocycles. The van der Waals surface area contributed by atoms with Crippen LogP contribution >= 0.6 is 0 Å². The van der Waals surface area contributed by atoms with Gasteiger partial charge >= 0.3 is 0 Å². The smallest absolute Gasteiger partial charge is 0.233 e. The Morgan fingerprint density at radius 1 is 1.37 bits per heavy atom. The first kappa shape index (κ1) is 13.9. The number of amides is 1. The summed E-state index contributed by atoms with van der Waals surface area (Å²) in [5, 5.41) is 9.82. The van der Waals surface area contributed by atoms with Crippen molar-refractivity contribution in [3.63, 3.8) is 0 Å². The number of nitrogens with two attached hydrogens (primary N) is 1. The van der Waals surface area contributed by atoms with Gasteiger partial charge in [-0.2, -0.15) is 0 Å². The Hall–Kier alpha value is -1.55. The highest BCUT2D eigenvalue weighted by Gasteiger charge is 2.52. The Labute approximate surface area is 114 Å². The molecule has 19 heavy (non-hydrogen) atoms. The Kier molecular flexibility index (Phi) is 3.31. The van der Waals surface area contributed by atoms with E-state index in [0.29, 0.717) is 12.2 Å². The lowest BCUT2D eigenvalue weighted by Gasteiger charge is -2.29. The van der Waals surface area contributed by atoms with Crippen molar-refractivity contribution in [2.75, 3.05) is 19.3 Å². The predicted octanol–water partition coefficient (Wildman–Crippen LogP) is 1.53. The summed E-state index contributed by atoms with van der Waals surface area (Å²) in [6, 6.07) is 7.52. The predicted molar refractivity (Wildman–Crippen MR) is 75.7 cm³/mol. The minimum absolute atomic E-state index is 0.0828. The molecule has 0 aliphatic heterocycles. The molecule has 104 valence electrons. The van der Waals surface area contributed by atoms with Gasteiger partial charge in [-0.15, -0.1) is 0 Å². The molecule has 4 heteroatoms. The van der Waals surface area contributed by atoms with Crippen molar-refractivity contribution >= 4 is 11.6 Å². The molecule has 1 aromatic rings. The van der Waals surface area contributed by atoms with Crippen molar-refractivity contribution in [1.29, 1.82) is 0 Å². The third kappa shape index (κ3) is 2.89.